The molecule has 0 saturated carbocycles. The van der Waals surface area contributed by atoms with Gasteiger partial charge in [-0.25, -0.2) is 4.79 Å². The number of hydrogen-bond acceptors (Lipinski definition) is 7. The Hall–Kier alpha value is -3.94. The second-order valence-corrected chi connectivity index (χ2v) is 6.04. The number of benzene rings is 2. The average molecular weight is 393 g/mol. The zero-order chi connectivity index (χ0) is 20.5. The van der Waals surface area contributed by atoms with Crippen molar-refractivity contribution in [2.75, 3.05) is 0 Å². The van der Waals surface area contributed by atoms with Crippen LogP contribution >= 0.6 is 0 Å². The fourth-order valence-electron chi connectivity index (χ4n) is 2.44. The molecular formula is C21H19N3O5. The van der Waals surface area contributed by atoms with Crippen LogP contribution in [0.15, 0.2) is 71.9 Å². The number of oxime groups is 1. The smallest absolute Gasteiger partial charge is 0.354 e. The van der Waals surface area contributed by atoms with E-state index in [4.69, 9.17) is 19.8 Å². The van der Waals surface area contributed by atoms with E-state index in [-0.39, 0.29) is 37.2 Å². The zero-order valence-electron chi connectivity index (χ0n) is 15.4. The highest BCUT2D eigenvalue weighted by Gasteiger charge is 2.16. The van der Waals surface area contributed by atoms with E-state index >= 15 is 0 Å². The van der Waals surface area contributed by atoms with Gasteiger partial charge in [0.25, 0.3) is 0 Å². The molecule has 0 radical (unpaired) electrons. The number of carbonyl (C=O) groups is 1. The van der Waals surface area contributed by atoms with Gasteiger partial charge in [-0.15, -0.1) is 0 Å². The molecule has 0 saturated heterocycles. The Morgan fingerprint density at radius 3 is 1.76 bits per heavy atom. The Bertz CT molecular complexity index is 916. The first-order chi connectivity index (χ1) is 14.1. The van der Waals surface area contributed by atoms with Crippen LogP contribution in [0.2, 0.25) is 0 Å². The summed E-state index contributed by atoms with van der Waals surface area (Å²) in [5.74, 6) is -0.804. The lowest BCUT2D eigenvalue weighted by Crippen LogP contribution is -2.18. The number of carboxylic acids is 1. The van der Waals surface area contributed by atoms with Crippen LogP contribution in [0.25, 0.3) is 0 Å². The maximum atomic E-state index is 11.1. The van der Waals surface area contributed by atoms with Gasteiger partial charge in [0.1, 0.15) is 19.0 Å². The first-order valence-electron chi connectivity index (χ1n) is 8.79. The molecule has 0 unspecified atom stereocenters. The highest BCUT2D eigenvalue weighted by Crippen LogP contribution is 2.19. The van der Waals surface area contributed by atoms with E-state index in [2.05, 4.69) is 15.1 Å². The van der Waals surface area contributed by atoms with E-state index in [1.165, 1.54) is 6.07 Å². The summed E-state index contributed by atoms with van der Waals surface area (Å²) in [6, 6.07) is 20.6. The highest BCUT2D eigenvalue weighted by molar-refractivity contribution is 6.35. The predicted octanol–water partition coefficient (Wildman–Crippen LogP) is 3.09. The molecular weight excluding hydrogens is 374 g/mol. The second kappa shape index (κ2) is 9.84. The third kappa shape index (κ3) is 6.03. The maximum Gasteiger partial charge on any atom is 0.354 e. The molecule has 0 fully saturated rings. The quantitative estimate of drug-likeness (QED) is 0.326. The lowest BCUT2D eigenvalue weighted by molar-refractivity contribution is -0.129. The van der Waals surface area contributed by atoms with Gasteiger partial charge in [-0.05, 0) is 11.1 Å². The average Bonchev–Trinajstić information content (AvgIpc) is 2.76. The Morgan fingerprint density at radius 1 is 0.862 bits per heavy atom. The monoisotopic (exact) mass is 393 g/mol. The molecule has 1 heterocycles. The number of hydrogen-bond donors (Lipinski definition) is 2. The maximum absolute atomic E-state index is 11.1. The lowest BCUT2D eigenvalue weighted by Gasteiger charge is -2.11. The van der Waals surface area contributed by atoms with E-state index in [1.54, 1.807) is 0 Å². The first kappa shape index (κ1) is 19.8. The fourth-order valence-corrected chi connectivity index (χ4v) is 2.44. The largest absolute Gasteiger partial charge is 0.477 e. The summed E-state index contributed by atoms with van der Waals surface area (Å²) in [6.45, 7) is 0.546. The summed E-state index contributed by atoms with van der Waals surface area (Å²) >= 11 is 0. The van der Waals surface area contributed by atoms with E-state index in [1.807, 2.05) is 60.7 Å². The molecule has 0 amide bonds. The van der Waals surface area contributed by atoms with Gasteiger partial charge in [0.15, 0.2) is 5.71 Å². The summed E-state index contributed by atoms with van der Waals surface area (Å²) < 4.78 is 11.4. The molecule has 0 aliphatic carbocycles. The first-order valence-corrected chi connectivity index (χ1v) is 8.79. The third-order valence-electron chi connectivity index (χ3n) is 3.88. The zero-order valence-corrected chi connectivity index (χ0v) is 15.4. The lowest BCUT2D eigenvalue weighted by atomic mass is 10.2. The van der Waals surface area contributed by atoms with E-state index < -0.39 is 11.7 Å². The summed E-state index contributed by atoms with van der Waals surface area (Å²) in [6.07, 6.45) is -0.282. The van der Waals surface area contributed by atoms with Crippen molar-refractivity contribution in [2.24, 2.45) is 5.16 Å². The van der Waals surface area contributed by atoms with E-state index in [0.29, 0.717) is 0 Å². The van der Waals surface area contributed by atoms with Crippen LogP contribution in [-0.4, -0.2) is 32.0 Å². The van der Waals surface area contributed by atoms with Gasteiger partial charge < -0.3 is 19.8 Å². The van der Waals surface area contributed by atoms with Crippen molar-refractivity contribution in [3.05, 3.63) is 83.7 Å². The third-order valence-corrected chi connectivity index (χ3v) is 3.88. The molecule has 29 heavy (non-hydrogen) atoms. The van der Waals surface area contributed by atoms with Crippen LogP contribution in [0.1, 0.15) is 17.0 Å². The number of aliphatic carboxylic acids is 1. The molecule has 3 rings (SSSR count). The van der Waals surface area contributed by atoms with Gasteiger partial charge in [0.2, 0.25) is 11.8 Å². The minimum Gasteiger partial charge on any atom is -0.477 e. The molecule has 0 spiro atoms. The minimum atomic E-state index is -1.36. The van der Waals surface area contributed by atoms with Gasteiger partial charge >= 0.3 is 5.97 Å². The Kier molecular flexibility index (Phi) is 6.72. The van der Waals surface area contributed by atoms with Gasteiger partial charge in [-0.3, -0.25) is 0 Å². The second-order valence-electron chi connectivity index (χ2n) is 6.04. The predicted molar refractivity (Wildman–Crippen MR) is 104 cm³/mol. The molecule has 3 aromatic rings. The number of carboxylic acid groups (broad SMARTS) is 1. The standard InChI is InChI=1S/C21H19N3O5/c25-21(26)17(24-27)11-18-22-19(28-13-15-7-3-1-4-8-15)12-20(23-18)29-14-16-9-5-2-6-10-16/h1-10,12,27H,11,13-14H2,(H,25,26)/b24-17+. The number of nitrogens with zero attached hydrogens (tertiary/aromatic N) is 3. The van der Waals surface area contributed by atoms with Gasteiger partial charge in [0.05, 0.1) is 12.5 Å². The fraction of sp³-hybridized carbons (Fsp3) is 0.143. The topological polar surface area (TPSA) is 114 Å². The van der Waals surface area contributed by atoms with E-state index in [9.17, 15) is 4.79 Å². The molecule has 1 aromatic heterocycles. The van der Waals surface area contributed by atoms with Gasteiger partial charge in [0, 0.05) is 0 Å². The molecule has 0 atom stereocenters. The SMILES string of the molecule is O=C(O)/C(Cc1nc(OCc2ccccc2)cc(OCc2ccccc2)n1)=N/O. The van der Waals surface area contributed by atoms with Crippen LogP contribution < -0.4 is 9.47 Å². The molecule has 0 aliphatic rings. The van der Waals surface area contributed by atoms with Gasteiger partial charge in [-0.1, -0.05) is 65.8 Å². The number of aromatic nitrogens is 2. The molecule has 2 aromatic carbocycles. The Labute approximate surface area is 167 Å². The van der Waals surface area contributed by atoms with Crippen LogP contribution in [0.5, 0.6) is 11.8 Å². The van der Waals surface area contributed by atoms with Crippen LogP contribution in [0.3, 0.4) is 0 Å². The Balaban J connectivity index is 1.79. The van der Waals surface area contributed by atoms with Crippen molar-refractivity contribution in [1.29, 1.82) is 0 Å². The minimum absolute atomic E-state index is 0.105. The summed E-state index contributed by atoms with van der Waals surface area (Å²) in [5.41, 5.74) is 1.41. The van der Waals surface area contributed by atoms with Crippen LogP contribution in [0.4, 0.5) is 0 Å². The van der Waals surface area contributed by atoms with Crippen molar-refractivity contribution in [3.63, 3.8) is 0 Å². The molecule has 0 bridgehead atoms. The Morgan fingerprint density at radius 2 is 1.34 bits per heavy atom. The van der Waals surface area contributed by atoms with Crippen molar-refractivity contribution in [1.82, 2.24) is 9.97 Å². The highest BCUT2D eigenvalue weighted by atomic mass is 16.5. The van der Waals surface area contributed by atoms with Crippen molar-refractivity contribution in [2.45, 2.75) is 19.6 Å². The van der Waals surface area contributed by atoms with Crippen molar-refractivity contribution >= 4 is 11.7 Å². The summed E-state index contributed by atoms with van der Waals surface area (Å²) in [4.78, 5) is 19.5. The number of ether oxygens (including phenoxy) is 2. The molecule has 0 aliphatic heterocycles. The molecule has 2 N–H and O–H groups in total. The molecule has 148 valence electrons. The van der Waals surface area contributed by atoms with Crippen LogP contribution in [-0.2, 0) is 24.4 Å². The molecule has 8 nitrogen and oxygen atoms in total. The van der Waals surface area contributed by atoms with Crippen LogP contribution in [0, 0.1) is 0 Å². The summed E-state index contributed by atoms with van der Waals surface area (Å²) in [7, 11) is 0. The molecule has 8 heteroatoms. The normalized spacial score (nSPS) is 11.1. The van der Waals surface area contributed by atoms with Crippen molar-refractivity contribution in [3.8, 4) is 11.8 Å². The van der Waals surface area contributed by atoms with Crippen molar-refractivity contribution < 1.29 is 24.6 Å². The summed E-state index contributed by atoms with van der Waals surface area (Å²) in [5, 5.41) is 20.7. The number of rotatable bonds is 9. The van der Waals surface area contributed by atoms with Gasteiger partial charge in [-0.2, -0.15) is 9.97 Å². The van der Waals surface area contributed by atoms with E-state index in [0.717, 1.165) is 11.1 Å².